The van der Waals surface area contributed by atoms with Crippen molar-refractivity contribution in [2.45, 2.75) is 6.18 Å². The average molecular weight is 400 g/mol. The summed E-state index contributed by atoms with van der Waals surface area (Å²) in [6, 6.07) is 13.9. The first kappa shape index (κ1) is 19.9. The van der Waals surface area contributed by atoms with Gasteiger partial charge in [-0.15, -0.1) is 0 Å². The number of anilines is 2. The Kier molecular flexibility index (Phi) is 5.82. The first-order chi connectivity index (χ1) is 13.8. The van der Waals surface area contributed by atoms with Crippen molar-refractivity contribution in [1.82, 2.24) is 0 Å². The summed E-state index contributed by atoms with van der Waals surface area (Å²) in [5.74, 6) is -0.582. The number of amides is 2. The highest BCUT2D eigenvalue weighted by Gasteiger charge is 2.33. The van der Waals surface area contributed by atoms with Gasteiger partial charge in [-0.1, -0.05) is 12.1 Å². The number of para-hydroxylation sites is 1. The Balaban J connectivity index is 1.64. The second-order valence-electron chi connectivity index (χ2n) is 5.91. The number of hydrogen-bond donors (Lipinski definition) is 2. The molecule has 0 spiro atoms. The molecular weight excluding hydrogens is 385 g/mol. The van der Waals surface area contributed by atoms with E-state index in [1.165, 1.54) is 60.9 Å². The predicted octanol–water partition coefficient (Wildman–Crippen LogP) is 5.20. The van der Waals surface area contributed by atoms with Crippen LogP contribution in [0.15, 0.2) is 77.4 Å². The first-order valence-corrected chi connectivity index (χ1v) is 8.43. The van der Waals surface area contributed by atoms with Crippen molar-refractivity contribution < 1.29 is 27.2 Å². The van der Waals surface area contributed by atoms with Gasteiger partial charge in [0.05, 0.1) is 17.5 Å². The summed E-state index contributed by atoms with van der Waals surface area (Å²) >= 11 is 0. The number of hydrogen-bond acceptors (Lipinski definition) is 3. The number of carbonyl (C=O) groups excluding carboxylic acids is 2. The van der Waals surface area contributed by atoms with Crippen molar-refractivity contribution in [1.29, 1.82) is 0 Å². The highest BCUT2D eigenvalue weighted by molar-refractivity contribution is 6.05. The summed E-state index contributed by atoms with van der Waals surface area (Å²) in [7, 11) is 0. The van der Waals surface area contributed by atoms with E-state index >= 15 is 0 Å². The molecule has 8 heteroatoms. The summed E-state index contributed by atoms with van der Waals surface area (Å²) in [6.45, 7) is 0. The molecule has 29 heavy (non-hydrogen) atoms. The number of alkyl halides is 3. The van der Waals surface area contributed by atoms with Crippen LogP contribution in [-0.4, -0.2) is 11.8 Å². The van der Waals surface area contributed by atoms with E-state index in [1.54, 1.807) is 12.1 Å². The maximum absolute atomic E-state index is 13.0. The largest absolute Gasteiger partial charge is 0.465 e. The summed E-state index contributed by atoms with van der Waals surface area (Å²) in [4.78, 5) is 24.1. The molecule has 1 aromatic heterocycles. The number of furan rings is 1. The summed E-state index contributed by atoms with van der Waals surface area (Å²) in [5.41, 5.74) is -0.691. The lowest BCUT2D eigenvalue weighted by molar-refractivity contribution is -0.136. The lowest BCUT2D eigenvalue weighted by atomic mass is 10.1. The molecule has 0 fully saturated rings. The summed E-state index contributed by atoms with van der Waals surface area (Å²) in [5, 5.41) is 4.86. The third kappa shape index (κ3) is 5.35. The van der Waals surface area contributed by atoms with Crippen LogP contribution in [-0.2, 0) is 11.0 Å². The molecule has 2 amide bonds. The number of carbonyl (C=O) groups is 2. The highest BCUT2D eigenvalue weighted by atomic mass is 19.4. The van der Waals surface area contributed by atoms with Gasteiger partial charge in [-0.3, -0.25) is 9.59 Å². The molecule has 0 saturated carbocycles. The third-order valence-electron chi connectivity index (χ3n) is 3.84. The van der Waals surface area contributed by atoms with Crippen LogP contribution in [0.25, 0.3) is 6.08 Å². The lowest BCUT2D eigenvalue weighted by Crippen LogP contribution is -2.16. The van der Waals surface area contributed by atoms with Gasteiger partial charge >= 0.3 is 6.18 Å². The van der Waals surface area contributed by atoms with Crippen LogP contribution >= 0.6 is 0 Å². The van der Waals surface area contributed by atoms with Crippen molar-refractivity contribution in [3.8, 4) is 0 Å². The zero-order chi connectivity index (χ0) is 20.9. The van der Waals surface area contributed by atoms with E-state index < -0.39 is 23.6 Å². The summed E-state index contributed by atoms with van der Waals surface area (Å²) in [6.07, 6.45) is -0.321. The minimum atomic E-state index is -4.58. The van der Waals surface area contributed by atoms with Gasteiger partial charge in [0, 0.05) is 17.3 Å². The van der Waals surface area contributed by atoms with E-state index in [-0.39, 0.29) is 11.3 Å². The third-order valence-corrected chi connectivity index (χ3v) is 3.84. The van der Waals surface area contributed by atoms with Crippen LogP contribution < -0.4 is 10.6 Å². The predicted molar refractivity (Wildman–Crippen MR) is 102 cm³/mol. The fraction of sp³-hybridized carbons (Fsp3) is 0.0476. The van der Waals surface area contributed by atoms with Gasteiger partial charge < -0.3 is 15.1 Å². The quantitative estimate of drug-likeness (QED) is 0.578. The molecule has 0 aliphatic heterocycles. The summed E-state index contributed by atoms with van der Waals surface area (Å²) < 4.78 is 44.1. The second-order valence-corrected chi connectivity index (χ2v) is 5.91. The average Bonchev–Trinajstić information content (AvgIpc) is 3.20. The molecule has 0 aliphatic carbocycles. The Morgan fingerprint density at radius 2 is 1.62 bits per heavy atom. The van der Waals surface area contributed by atoms with Gasteiger partial charge in [0.1, 0.15) is 5.76 Å². The molecule has 3 rings (SSSR count). The number of benzene rings is 2. The molecule has 1 heterocycles. The fourth-order valence-corrected chi connectivity index (χ4v) is 2.47. The highest BCUT2D eigenvalue weighted by Crippen LogP contribution is 2.34. The van der Waals surface area contributed by atoms with Crippen LogP contribution in [0.5, 0.6) is 0 Å². The molecule has 5 nitrogen and oxygen atoms in total. The monoisotopic (exact) mass is 400 g/mol. The van der Waals surface area contributed by atoms with E-state index in [9.17, 15) is 22.8 Å². The molecular formula is C21H15F3N2O3. The topological polar surface area (TPSA) is 71.3 Å². The zero-order valence-corrected chi connectivity index (χ0v) is 14.9. The molecule has 0 saturated heterocycles. The van der Waals surface area contributed by atoms with Gasteiger partial charge in [-0.05, 0) is 54.6 Å². The van der Waals surface area contributed by atoms with Gasteiger partial charge in [0.2, 0.25) is 5.91 Å². The SMILES string of the molecule is O=C(C=Cc1ccco1)Nc1ccc(C(=O)Nc2ccccc2C(F)(F)F)cc1. The molecule has 0 aliphatic rings. The maximum Gasteiger partial charge on any atom is 0.418 e. The fourth-order valence-electron chi connectivity index (χ4n) is 2.47. The van der Waals surface area contributed by atoms with Crippen LogP contribution in [0.1, 0.15) is 21.7 Å². The Hall–Kier alpha value is -3.81. The maximum atomic E-state index is 13.0. The molecule has 0 atom stereocenters. The van der Waals surface area contributed by atoms with Gasteiger partial charge in [-0.2, -0.15) is 13.2 Å². The minimum Gasteiger partial charge on any atom is -0.465 e. The van der Waals surface area contributed by atoms with Crippen LogP contribution in [0.3, 0.4) is 0 Å². The molecule has 2 N–H and O–H groups in total. The standard InChI is InChI=1S/C21H15F3N2O3/c22-21(23,24)17-5-1-2-6-18(17)26-20(28)14-7-9-15(10-8-14)25-19(27)12-11-16-4-3-13-29-16/h1-13H,(H,25,27)(H,26,28). The van der Waals surface area contributed by atoms with Gasteiger partial charge in [0.25, 0.3) is 5.91 Å². The molecule has 2 aromatic carbocycles. The van der Waals surface area contributed by atoms with Gasteiger partial charge in [0.15, 0.2) is 0 Å². The molecule has 3 aromatic rings. The zero-order valence-electron chi connectivity index (χ0n) is 14.9. The van der Waals surface area contributed by atoms with Crippen molar-refractivity contribution in [2.24, 2.45) is 0 Å². The number of halogens is 3. The van der Waals surface area contributed by atoms with E-state index in [0.717, 1.165) is 6.07 Å². The molecule has 148 valence electrons. The Bertz CT molecular complexity index is 1020. The van der Waals surface area contributed by atoms with E-state index in [2.05, 4.69) is 10.6 Å². The van der Waals surface area contributed by atoms with E-state index in [4.69, 9.17) is 4.42 Å². The van der Waals surface area contributed by atoms with Gasteiger partial charge in [-0.25, -0.2) is 0 Å². The van der Waals surface area contributed by atoms with Crippen LogP contribution in [0, 0.1) is 0 Å². The van der Waals surface area contributed by atoms with Crippen molar-refractivity contribution in [3.05, 3.63) is 89.9 Å². The van der Waals surface area contributed by atoms with E-state index in [0.29, 0.717) is 11.4 Å². The molecule has 0 radical (unpaired) electrons. The second kappa shape index (κ2) is 8.47. The van der Waals surface area contributed by atoms with Crippen molar-refractivity contribution >= 4 is 29.3 Å². The Morgan fingerprint density at radius 3 is 2.28 bits per heavy atom. The normalized spacial score (nSPS) is 11.4. The lowest BCUT2D eigenvalue weighted by Gasteiger charge is -2.13. The Morgan fingerprint density at radius 1 is 0.897 bits per heavy atom. The molecule has 0 unspecified atom stereocenters. The number of rotatable bonds is 5. The molecule has 0 bridgehead atoms. The Labute approximate surface area is 163 Å². The van der Waals surface area contributed by atoms with E-state index in [1.807, 2.05) is 0 Å². The first-order valence-electron chi connectivity index (χ1n) is 8.43. The smallest absolute Gasteiger partial charge is 0.418 e. The minimum absolute atomic E-state index is 0.145. The van der Waals surface area contributed by atoms with Crippen molar-refractivity contribution in [3.63, 3.8) is 0 Å². The number of nitrogens with one attached hydrogen (secondary N) is 2. The van der Waals surface area contributed by atoms with Crippen LogP contribution in [0.2, 0.25) is 0 Å². The van der Waals surface area contributed by atoms with Crippen molar-refractivity contribution in [2.75, 3.05) is 10.6 Å². The van der Waals surface area contributed by atoms with Crippen LogP contribution in [0.4, 0.5) is 24.5 Å².